The van der Waals surface area contributed by atoms with Crippen molar-refractivity contribution in [3.05, 3.63) is 34.6 Å². The van der Waals surface area contributed by atoms with Gasteiger partial charge in [0.15, 0.2) is 0 Å². The number of nitrogens with zero attached hydrogens (tertiary/aromatic N) is 2. The minimum atomic E-state index is -4.62. The van der Waals surface area contributed by atoms with Crippen LogP contribution in [0.5, 0.6) is 0 Å². The van der Waals surface area contributed by atoms with Crippen LogP contribution >= 0.6 is 11.6 Å². The molecule has 0 fully saturated rings. The molecule has 4 nitrogen and oxygen atoms in total. The Hall–Kier alpha value is -1.76. The van der Waals surface area contributed by atoms with Gasteiger partial charge < -0.3 is 4.74 Å². The quantitative estimate of drug-likeness (QED) is 0.595. The number of fused-ring (bicyclic) bond motifs is 1. The van der Waals surface area contributed by atoms with Gasteiger partial charge in [-0.2, -0.15) is 18.3 Å². The highest BCUT2D eigenvalue weighted by Crippen LogP contribution is 2.35. The maximum atomic E-state index is 12.8. The second-order valence-corrected chi connectivity index (χ2v) is 3.76. The number of aromatic nitrogens is 2. The summed E-state index contributed by atoms with van der Waals surface area (Å²) in [5, 5.41) is 3.61. The third-order valence-corrected chi connectivity index (χ3v) is 2.61. The molecular formula is C10H6ClF3N2O2. The summed E-state index contributed by atoms with van der Waals surface area (Å²) in [6, 6.07) is 1.86. The molecule has 0 amide bonds. The topological polar surface area (TPSA) is 43.6 Å². The molecule has 0 aliphatic heterocycles. The first kappa shape index (κ1) is 12.7. The number of alkyl halides is 3. The van der Waals surface area contributed by atoms with Crippen LogP contribution in [-0.4, -0.2) is 22.7 Å². The molecule has 0 N–H and O–H groups in total. The molecule has 0 saturated carbocycles. The molecule has 0 aliphatic carbocycles. The molecule has 8 heteroatoms. The van der Waals surface area contributed by atoms with Gasteiger partial charge in [0.05, 0.1) is 24.4 Å². The minimum Gasteiger partial charge on any atom is -0.465 e. The van der Waals surface area contributed by atoms with E-state index in [1.54, 1.807) is 0 Å². The van der Waals surface area contributed by atoms with Gasteiger partial charge in [-0.1, -0.05) is 11.6 Å². The van der Waals surface area contributed by atoms with E-state index in [4.69, 9.17) is 11.6 Å². The van der Waals surface area contributed by atoms with E-state index in [1.807, 2.05) is 0 Å². The third-order valence-electron chi connectivity index (χ3n) is 2.32. The van der Waals surface area contributed by atoms with Crippen LogP contribution in [0.15, 0.2) is 18.3 Å². The van der Waals surface area contributed by atoms with E-state index in [9.17, 15) is 18.0 Å². The van der Waals surface area contributed by atoms with E-state index in [1.165, 1.54) is 0 Å². The maximum Gasteiger partial charge on any atom is 0.418 e. The highest BCUT2D eigenvalue weighted by Gasteiger charge is 2.35. The first-order valence-electron chi connectivity index (χ1n) is 4.68. The van der Waals surface area contributed by atoms with Crippen molar-refractivity contribution in [3.8, 4) is 0 Å². The van der Waals surface area contributed by atoms with Gasteiger partial charge in [0.2, 0.25) is 0 Å². The SMILES string of the molecule is COC(=O)c1cnn2c(Cl)ccc(C(F)(F)F)c12. The zero-order chi connectivity index (χ0) is 13.5. The highest BCUT2D eigenvalue weighted by atomic mass is 35.5. The number of pyridine rings is 1. The van der Waals surface area contributed by atoms with Crippen molar-refractivity contribution >= 4 is 23.1 Å². The summed E-state index contributed by atoms with van der Waals surface area (Å²) in [5.74, 6) is -0.905. The first-order chi connectivity index (χ1) is 8.36. The largest absolute Gasteiger partial charge is 0.465 e. The van der Waals surface area contributed by atoms with Crippen molar-refractivity contribution in [3.63, 3.8) is 0 Å². The summed E-state index contributed by atoms with van der Waals surface area (Å²) in [6.07, 6.45) is -3.63. The molecule has 0 saturated heterocycles. The molecule has 0 bridgehead atoms. The van der Waals surface area contributed by atoms with Crippen LogP contribution < -0.4 is 0 Å². The van der Waals surface area contributed by atoms with Gasteiger partial charge in [-0.3, -0.25) is 0 Å². The zero-order valence-electron chi connectivity index (χ0n) is 8.95. The smallest absolute Gasteiger partial charge is 0.418 e. The monoisotopic (exact) mass is 278 g/mol. The second-order valence-electron chi connectivity index (χ2n) is 3.38. The fourth-order valence-electron chi connectivity index (χ4n) is 1.56. The van der Waals surface area contributed by atoms with Crippen LogP contribution in [0.1, 0.15) is 15.9 Å². The summed E-state index contributed by atoms with van der Waals surface area (Å²) in [5.41, 5.74) is -1.70. The van der Waals surface area contributed by atoms with Crippen molar-refractivity contribution < 1.29 is 22.7 Å². The molecule has 18 heavy (non-hydrogen) atoms. The van der Waals surface area contributed by atoms with Crippen LogP contribution in [0.2, 0.25) is 5.15 Å². The molecule has 2 heterocycles. The standard InChI is InChI=1S/C10H6ClF3N2O2/c1-18-9(17)5-4-15-16-7(11)3-2-6(8(5)16)10(12,13)14/h2-4H,1H3. The number of hydrogen-bond acceptors (Lipinski definition) is 3. The molecule has 0 unspecified atom stereocenters. The Morgan fingerprint density at radius 2 is 2.11 bits per heavy atom. The molecule has 0 aromatic carbocycles. The number of methoxy groups -OCH3 is 1. The predicted molar refractivity (Wildman–Crippen MR) is 56.5 cm³/mol. The number of carbonyl (C=O) groups excluding carboxylic acids is 1. The zero-order valence-corrected chi connectivity index (χ0v) is 9.71. The average molecular weight is 279 g/mol. The van der Waals surface area contributed by atoms with Crippen molar-refractivity contribution in [1.29, 1.82) is 0 Å². The van der Waals surface area contributed by atoms with Crippen molar-refractivity contribution in [2.45, 2.75) is 6.18 Å². The molecule has 2 aromatic heterocycles. The lowest BCUT2D eigenvalue weighted by Crippen LogP contribution is -2.10. The average Bonchev–Trinajstić information content (AvgIpc) is 2.72. The number of hydrogen-bond donors (Lipinski definition) is 0. The van der Waals surface area contributed by atoms with Crippen molar-refractivity contribution in [1.82, 2.24) is 9.61 Å². The van der Waals surface area contributed by atoms with E-state index in [-0.39, 0.29) is 10.7 Å². The maximum absolute atomic E-state index is 12.8. The van der Waals surface area contributed by atoms with Crippen LogP contribution in [0.4, 0.5) is 13.2 Å². The number of rotatable bonds is 1. The Labute approximate surface area is 104 Å². The Bertz CT molecular complexity index is 621. The van der Waals surface area contributed by atoms with Crippen LogP contribution in [0, 0.1) is 0 Å². The number of halogens is 4. The lowest BCUT2D eigenvalue weighted by molar-refractivity contribution is -0.136. The Morgan fingerprint density at radius 3 is 2.67 bits per heavy atom. The van der Waals surface area contributed by atoms with Crippen molar-refractivity contribution in [2.75, 3.05) is 7.11 Å². The predicted octanol–water partition coefficient (Wildman–Crippen LogP) is 2.79. The van der Waals surface area contributed by atoms with Crippen LogP contribution in [0.3, 0.4) is 0 Å². The molecule has 96 valence electrons. The van der Waals surface area contributed by atoms with Gasteiger partial charge in [-0.05, 0) is 12.1 Å². The van der Waals surface area contributed by atoms with E-state index < -0.39 is 23.2 Å². The van der Waals surface area contributed by atoms with E-state index in [0.29, 0.717) is 0 Å². The lowest BCUT2D eigenvalue weighted by Gasteiger charge is -2.10. The fraction of sp³-hybridized carbons (Fsp3) is 0.200. The second kappa shape index (κ2) is 4.16. The summed E-state index contributed by atoms with van der Waals surface area (Å²) in [4.78, 5) is 11.4. The molecule has 2 aromatic rings. The normalized spacial score (nSPS) is 11.8. The molecule has 0 aliphatic rings. The van der Waals surface area contributed by atoms with Crippen LogP contribution in [-0.2, 0) is 10.9 Å². The summed E-state index contributed by atoms with van der Waals surface area (Å²) in [7, 11) is 1.07. The van der Waals surface area contributed by atoms with Crippen molar-refractivity contribution in [2.24, 2.45) is 0 Å². The lowest BCUT2D eigenvalue weighted by atomic mass is 10.1. The Balaban J connectivity index is 2.84. The molecule has 0 atom stereocenters. The van der Waals surface area contributed by atoms with Gasteiger partial charge in [-0.25, -0.2) is 9.31 Å². The summed E-state index contributed by atoms with van der Waals surface area (Å²) in [6.45, 7) is 0. The summed E-state index contributed by atoms with van der Waals surface area (Å²) < 4.78 is 43.8. The third kappa shape index (κ3) is 1.90. The minimum absolute atomic E-state index is 0.0341. The van der Waals surface area contributed by atoms with E-state index >= 15 is 0 Å². The Kier molecular flexibility index (Phi) is 2.94. The van der Waals surface area contributed by atoms with E-state index in [2.05, 4.69) is 9.84 Å². The Morgan fingerprint density at radius 1 is 1.44 bits per heavy atom. The number of ether oxygens (including phenoxy) is 1. The summed E-state index contributed by atoms with van der Waals surface area (Å²) >= 11 is 5.72. The van der Waals surface area contributed by atoms with Gasteiger partial charge in [0.25, 0.3) is 0 Å². The highest BCUT2D eigenvalue weighted by molar-refractivity contribution is 6.29. The first-order valence-corrected chi connectivity index (χ1v) is 5.06. The molecular weight excluding hydrogens is 273 g/mol. The van der Waals surface area contributed by atoms with Gasteiger partial charge in [0, 0.05) is 0 Å². The molecule has 0 radical (unpaired) electrons. The van der Waals surface area contributed by atoms with Gasteiger partial charge in [-0.15, -0.1) is 0 Å². The van der Waals surface area contributed by atoms with E-state index in [0.717, 1.165) is 30.0 Å². The number of carbonyl (C=O) groups is 1. The van der Waals surface area contributed by atoms with Gasteiger partial charge >= 0.3 is 12.1 Å². The molecule has 0 spiro atoms. The van der Waals surface area contributed by atoms with Gasteiger partial charge in [0.1, 0.15) is 10.7 Å². The molecule has 2 rings (SSSR count). The fourth-order valence-corrected chi connectivity index (χ4v) is 1.75. The number of esters is 1. The van der Waals surface area contributed by atoms with Crippen LogP contribution in [0.25, 0.3) is 5.52 Å².